The predicted octanol–water partition coefficient (Wildman–Crippen LogP) is 3.75. The molecule has 1 aromatic carbocycles. The van der Waals surface area contributed by atoms with Crippen molar-refractivity contribution in [1.29, 1.82) is 0 Å². The van der Waals surface area contributed by atoms with Crippen molar-refractivity contribution in [1.82, 2.24) is 4.90 Å². The quantitative estimate of drug-likeness (QED) is 0.691. The van der Waals surface area contributed by atoms with Crippen LogP contribution in [0.25, 0.3) is 0 Å². The van der Waals surface area contributed by atoms with Gasteiger partial charge in [0.15, 0.2) is 0 Å². The summed E-state index contributed by atoms with van der Waals surface area (Å²) >= 11 is 0. The second-order valence-corrected chi connectivity index (χ2v) is 7.39. The minimum absolute atomic E-state index is 0.130. The molecule has 1 amide bonds. The molecule has 0 bridgehead atoms. The third-order valence-corrected chi connectivity index (χ3v) is 4.14. The molecule has 0 aliphatic carbocycles. The molecule has 4 nitrogen and oxygen atoms in total. The van der Waals surface area contributed by atoms with Gasteiger partial charge in [-0.1, -0.05) is 26.0 Å². The number of nitrogens with zero attached hydrogens (tertiary/aromatic N) is 1. The molecular weight excluding hydrogens is 302 g/mol. The van der Waals surface area contributed by atoms with Gasteiger partial charge in [-0.3, -0.25) is 4.79 Å². The summed E-state index contributed by atoms with van der Waals surface area (Å²) in [6.45, 7) is 12.2. The molecule has 0 aromatic heterocycles. The van der Waals surface area contributed by atoms with Crippen molar-refractivity contribution < 1.29 is 14.3 Å². The van der Waals surface area contributed by atoms with E-state index in [1.165, 1.54) is 0 Å². The van der Waals surface area contributed by atoms with Crippen LogP contribution in [0.4, 0.5) is 0 Å². The molecule has 1 fully saturated rings. The van der Waals surface area contributed by atoms with Crippen LogP contribution in [-0.4, -0.2) is 43.2 Å². The first-order valence-corrected chi connectivity index (χ1v) is 9.03. The van der Waals surface area contributed by atoms with Crippen molar-refractivity contribution >= 4 is 5.91 Å². The minimum Gasteiger partial charge on any atom is -0.379 e. The Bertz CT molecular complexity index is 504. The standard InChI is InChI=1S/C20H31NO3/c1-15(2)13-23-14-17-5-7-19(8-6-17)20(22)21-11-18(12-21)9-10-24-16(3)4/h5-8,15-16,18H,9-14H2,1-4H3. The summed E-state index contributed by atoms with van der Waals surface area (Å²) in [6.07, 6.45) is 1.32. The summed E-state index contributed by atoms with van der Waals surface area (Å²) in [7, 11) is 0. The third kappa shape index (κ3) is 5.91. The van der Waals surface area contributed by atoms with Crippen LogP contribution in [0.15, 0.2) is 24.3 Å². The maximum atomic E-state index is 12.4. The maximum absolute atomic E-state index is 12.4. The number of likely N-dealkylation sites (tertiary alicyclic amines) is 1. The van der Waals surface area contributed by atoms with Crippen molar-refractivity contribution in [2.24, 2.45) is 11.8 Å². The van der Waals surface area contributed by atoms with E-state index in [1.807, 2.05) is 43.0 Å². The number of benzene rings is 1. The lowest BCUT2D eigenvalue weighted by molar-refractivity contribution is 0.0273. The highest BCUT2D eigenvalue weighted by Crippen LogP contribution is 2.22. The van der Waals surface area contributed by atoms with E-state index in [1.54, 1.807) is 0 Å². The van der Waals surface area contributed by atoms with Crippen molar-refractivity contribution in [2.45, 2.75) is 46.8 Å². The second-order valence-electron chi connectivity index (χ2n) is 7.39. The van der Waals surface area contributed by atoms with Crippen molar-refractivity contribution in [3.63, 3.8) is 0 Å². The van der Waals surface area contributed by atoms with Crippen LogP contribution in [0.2, 0.25) is 0 Å². The Balaban J connectivity index is 1.72. The summed E-state index contributed by atoms with van der Waals surface area (Å²) in [4.78, 5) is 14.4. The summed E-state index contributed by atoms with van der Waals surface area (Å²) < 4.78 is 11.2. The van der Waals surface area contributed by atoms with Gasteiger partial charge in [-0.25, -0.2) is 0 Å². The molecule has 0 radical (unpaired) electrons. The number of carbonyl (C=O) groups excluding carboxylic acids is 1. The van der Waals surface area contributed by atoms with E-state index in [0.717, 1.165) is 43.9 Å². The van der Waals surface area contributed by atoms with Gasteiger partial charge in [0.2, 0.25) is 0 Å². The zero-order valence-electron chi connectivity index (χ0n) is 15.5. The lowest BCUT2D eigenvalue weighted by Crippen LogP contribution is -2.50. The number of rotatable bonds is 9. The first kappa shape index (κ1) is 18.9. The second kappa shape index (κ2) is 9.19. The van der Waals surface area contributed by atoms with E-state index >= 15 is 0 Å². The molecule has 0 unspecified atom stereocenters. The molecule has 4 heteroatoms. The highest BCUT2D eigenvalue weighted by atomic mass is 16.5. The van der Waals surface area contributed by atoms with Crippen molar-refractivity contribution in [2.75, 3.05) is 26.3 Å². The molecule has 0 spiro atoms. The van der Waals surface area contributed by atoms with Crippen LogP contribution >= 0.6 is 0 Å². The van der Waals surface area contributed by atoms with Crippen molar-refractivity contribution in [3.8, 4) is 0 Å². The van der Waals surface area contributed by atoms with Gasteiger partial charge in [0, 0.05) is 31.9 Å². The van der Waals surface area contributed by atoms with Gasteiger partial charge in [-0.2, -0.15) is 0 Å². The van der Waals surface area contributed by atoms with Gasteiger partial charge < -0.3 is 14.4 Å². The molecule has 134 valence electrons. The Kier molecular flexibility index (Phi) is 7.25. The van der Waals surface area contributed by atoms with Gasteiger partial charge in [0.25, 0.3) is 5.91 Å². The number of hydrogen-bond donors (Lipinski definition) is 0. The lowest BCUT2D eigenvalue weighted by Gasteiger charge is -2.39. The van der Waals surface area contributed by atoms with E-state index < -0.39 is 0 Å². The molecule has 1 heterocycles. The minimum atomic E-state index is 0.130. The molecule has 24 heavy (non-hydrogen) atoms. The van der Waals surface area contributed by atoms with Crippen LogP contribution in [-0.2, 0) is 16.1 Å². The van der Waals surface area contributed by atoms with E-state index in [4.69, 9.17) is 9.47 Å². The fraction of sp³-hybridized carbons (Fsp3) is 0.650. The molecule has 0 atom stereocenters. The Morgan fingerprint density at radius 2 is 1.83 bits per heavy atom. The highest BCUT2D eigenvalue weighted by molar-refractivity contribution is 5.94. The van der Waals surface area contributed by atoms with Crippen LogP contribution in [0, 0.1) is 11.8 Å². The van der Waals surface area contributed by atoms with Gasteiger partial charge in [-0.05, 0) is 49.8 Å². The van der Waals surface area contributed by atoms with Crippen LogP contribution in [0.5, 0.6) is 0 Å². The van der Waals surface area contributed by atoms with Crippen LogP contribution in [0.3, 0.4) is 0 Å². The molecule has 1 aliphatic heterocycles. The summed E-state index contributed by atoms with van der Waals surface area (Å²) in [6, 6.07) is 7.79. The van der Waals surface area contributed by atoms with Crippen LogP contribution in [0.1, 0.15) is 50.0 Å². The average Bonchev–Trinajstić information content (AvgIpc) is 2.49. The zero-order valence-corrected chi connectivity index (χ0v) is 15.5. The number of carbonyl (C=O) groups is 1. The fourth-order valence-electron chi connectivity index (χ4n) is 2.73. The number of ether oxygens (including phenoxy) is 2. The van der Waals surface area contributed by atoms with E-state index in [2.05, 4.69) is 13.8 Å². The lowest BCUT2D eigenvalue weighted by atomic mass is 9.95. The molecule has 0 saturated carbocycles. The van der Waals surface area contributed by atoms with E-state index in [-0.39, 0.29) is 12.0 Å². The van der Waals surface area contributed by atoms with Gasteiger partial charge in [-0.15, -0.1) is 0 Å². The van der Waals surface area contributed by atoms with E-state index in [0.29, 0.717) is 18.4 Å². The summed E-state index contributed by atoms with van der Waals surface area (Å²) in [5, 5.41) is 0. The Morgan fingerprint density at radius 3 is 2.42 bits per heavy atom. The topological polar surface area (TPSA) is 38.8 Å². The zero-order chi connectivity index (χ0) is 17.5. The van der Waals surface area contributed by atoms with Crippen molar-refractivity contribution in [3.05, 3.63) is 35.4 Å². The van der Waals surface area contributed by atoms with E-state index in [9.17, 15) is 4.79 Å². The molecule has 0 N–H and O–H groups in total. The first-order chi connectivity index (χ1) is 11.5. The number of hydrogen-bond acceptors (Lipinski definition) is 3. The average molecular weight is 333 g/mol. The third-order valence-electron chi connectivity index (χ3n) is 4.14. The SMILES string of the molecule is CC(C)COCc1ccc(C(=O)N2CC(CCOC(C)C)C2)cc1. The molecular formula is C20H31NO3. The monoisotopic (exact) mass is 333 g/mol. The van der Waals surface area contributed by atoms with Gasteiger partial charge in [0.1, 0.15) is 0 Å². The normalized spacial score (nSPS) is 15.2. The Morgan fingerprint density at radius 1 is 1.17 bits per heavy atom. The molecule has 1 aromatic rings. The molecule has 1 aliphatic rings. The van der Waals surface area contributed by atoms with Crippen LogP contribution < -0.4 is 0 Å². The van der Waals surface area contributed by atoms with Gasteiger partial charge >= 0.3 is 0 Å². The predicted molar refractivity (Wildman–Crippen MR) is 96.0 cm³/mol. The maximum Gasteiger partial charge on any atom is 0.253 e. The number of amides is 1. The van der Waals surface area contributed by atoms with Gasteiger partial charge in [0.05, 0.1) is 12.7 Å². The highest BCUT2D eigenvalue weighted by Gasteiger charge is 2.30. The smallest absolute Gasteiger partial charge is 0.253 e. The summed E-state index contributed by atoms with van der Waals surface area (Å²) in [5.74, 6) is 1.25. The Hall–Kier alpha value is -1.39. The Labute approximate surface area is 146 Å². The molecule has 1 saturated heterocycles. The fourth-order valence-corrected chi connectivity index (χ4v) is 2.73. The molecule has 2 rings (SSSR count). The largest absolute Gasteiger partial charge is 0.379 e. The first-order valence-electron chi connectivity index (χ1n) is 9.03. The summed E-state index contributed by atoms with van der Waals surface area (Å²) in [5.41, 5.74) is 1.87.